The molecule has 3 rings (SSSR count). The molecule has 0 radical (unpaired) electrons. The number of fused-ring (bicyclic) bond motifs is 1. The van der Waals surface area contributed by atoms with E-state index in [1.165, 1.54) is 12.8 Å². The molecule has 2 N–H and O–H groups in total. The minimum Gasteiger partial charge on any atom is -0.356 e. The van der Waals surface area contributed by atoms with E-state index in [1.54, 1.807) is 0 Å². The molecule has 1 saturated carbocycles. The number of hydrogen-bond acceptors (Lipinski definition) is 4. The van der Waals surface area contributed by atoms with Gasteiger partial charge in [0, 0.05) is 13.6 Å². The van der Waals surface area contributed by atoms with Crippen molar-refractivity contribution in [2.45, 2.75) is 32.2 Å². The Morgan fingerprint density at radius 1 is 1.53 bits per heavy atom. The lowest BCUT2D eigenvalue weighted by Crippen LogP contribution is -2.29. The SMILES string of the molecule is CNc1nc2n(n1)C(C1(C)CC1)CCN2. The van der Waals surface area contributed by atoms with Crippen molar-refractivity contribution in [3.8, 4) is 0 Å². The second-order valence-electron chi connectivity index (χ2n) is 4.84. The molecule has 0 aromatic carbocycles. The van der Waals surface area contributed by atoms with Crippen LogP contribution in [0.25, 0.3) is 0 Å². The van der Waals surface area contributed by atoms with E-state index in [1.807, 2.05) is 7.05 Å². The van der Waals surface area contributed by atoms with Crippen LogP contribution in [0.5, 0.6) is 0 Å². The van der Waals surface area contributed by atoms with Gasteiger partial charge in [-0.25, -0.2) is 4.68 Å². The van der Waals surface area contributed by atoms with Crippen molar-refractivity contribution in [1.29, 1.82) is 0 Å². The molecule has 2 aliphatic rings. The Balaban J connectivity index is 1.98. The van der Waals surface area contributed by atoms with Gasteiger partial charge in [0.2, 0.25) is 11.9 Å². The van der Waals surface area contributed by atoms with Crippen molar-refractivity contribution in [3.05, 3.63) is 0 Å². The van der Waals surface area contributed by atoms with E-state index >= 15 is 0 Å². The average Bonchev–Trinajstić information content (AvgIpc) is 2.85. The van der Waals surface area contributed by atoms with Crippen LogP contribution < -0.4 is 10.6 Å². The van der Waals surface area contributed by atoms with Gasteiger partial charge in [-0.3, -0.25) is 0 Å². The van der Waals surface area contributed by atoms with Gasteiger partial charge in [-0.05, 0) is 24.7 Å². The summed E-state index contributed by atoms with van der Waals surface area (Å²) in [6.07, 6.45) is 3.81. The Hall–Kier alpha value is -1.26. The summed E-state index contributed by atoms with van der Waals surface area (Å²) in [5.41, 5.74) is 0.468. The minimum absolute atomic E-state index is 0.468. The van der Waals surface area contributed by atoms with E-state index in [4.69, 9.17) is 0 Å². The van der Waals surface area contributed by atoms with Gasteiger partial charge in [-0.15, -0.1) is 5.10 Å². The van der Waals surface area contributed by atoms with E-state index in [-0.39, 0.29) is 0 Å². The highest BCUT2D eigenvalue weighted by Gasteiger charge is 2.47. The van der Waals surface area contributed by atoms with E-state index < -0.39 is 0 Å². The van der Waals surface area contributed by atoms with Crippen LogP contribution in [0.1, 0.15) is 32.2 Å². The lowest BCUT2D eigenvalue weighted by molar-refractivity contribution is 0.284. The smallest absolute Gasteiger partial charge is 0.243 e. The molecule has 1 unspecified atom stereocenters. The van der Waals surface area contributed by atoms with E-state index in [9.17, 15) is 0 Å². The van der Waals surface area contributed by atoms with Gasteiger partial charge in [0.05, 0.1) is 6.04 Å². The lowest BCUT2D eigenvalue weighted by Gasteiger charge is -2.29. The van der Waals surface area contributed by atoms with Crippen molar-refractivity contribution in [3.63, 3.8) is 0 Å². The highest BCUT2D eigenvalue weighted by molar-refractivity contribution is 5.37. The second-order valence-corrected chi connectivity index (χ2v) is 4.84. The van der Waals surface area contributed by atoms with Gasteiger partial charge >= 0.3 is 0 Å². The molecule has 82 valence electrons. The van der Waals surface area contributed by atoms with Crippen LogP contribution in [0.4, 0.5) is 11.9 Å². The number of anilines is 2. The third kappa shape index (κ3) is 1.29. The zero-order chi connectivity index (χ0) is 10.5. The van der Waals surface area contributed by atoms with Gasteiger partial charge in [-0.2, -0.15) is 4.98 Å². The molecule has 1 aliphatic carbocycles. The fourth-order valence-corrected chi connectivity index (χ4v) is 2.38. The monoisotopic (exact) mass is 207 g/mol. The third-order valence-electron chi connectivity index (χ3n) is 3.69. The van der Waals surface area contributed by atoms with Crippen LogP contribution in [0.3, 0.4) is 0 Å². The first-order valence-electron chi connectivity index (χ1n) is 5.61. The molecule has 2 heterocycles. The Morgan fingerprint density at radius 3 is 3.00 bits per heavy atom. The van der Waals surface area contributed by atoms with Gasteiger partial charge in [0.15, 0.2) is 0 Å². The highest BCUT2D eigenvalue weighted by atomic mass is 15.5. The molecule has 5 nitrogen and oxygen atoms in total. The second kappa shape index (κ2) is 2.87. The van der Waals surface area contributed by atoms with Gasteiger partial charge in [0.1, 0.15) is 0 Å². The summed E-state index contributed by atoms with van der Waals surface area (Å²) in [5, 5.41) is 10.8. The third-order valence-corrected chi connectivity index (χ3v) is 3.69. The van der Waals surface area contributed by atoms with Crippen LogP contribution in [-0.4, -0.2) is 28.4 Å². The zero-order valence-corrected chi connectivity index (χ0v) is 9.25. The fourth-order valence-electron chi connectivity index (χ4n) is 2.38. The Morgan fingerprint density at radius 2 is 2.33 bits per heavy atom. The van der Waals surface area contributed by atoms with Crippen molar-refractivity contribution < 1.29 is 0 Å². The Bertz CT molecular complexity index is 379. The van der Waals surface area contributed by atoms with E-state index in [2.05, 4.69) is 32.3 Å². The minimum atomic E-state index is 0.468. The molecule has 15 heavy (non-hydrogen) atoms. The zero-order valence-electron chi connectivity index (χ0n) is 9.25. The van der Waals surface area contributed by atoms with Crippen LogP contribution in [0, 0.1) is 5.41 Å². The van der Waals surface area contributed by atoms with Crippen LogP contribution >= 0.6 is 0 Å². The molecular formula is C10H17N5. The summed E-state index contributed by atoms with van der Waals surface area (Å²) in [4.78, 5) is 4.39. The van der Waals surface area contributed by atoms with Gasteiger partial charge in [-0.1, -0.05) is 6.92 Å². The number of rotatable bonds is 2. The molecule has 0 bridgehead atoms. The predicted molar refractivity (Wildman–Crippen MR) is 59.1 cm³/mol. The molecule has 0 spiro atoms. The molecule has 1 aromatic heterocycles. The predicted octanol–water partition coefficient (Wildman–Crippen LogP) is 1.48. The number of hydrogen-bond donors (Lipinski definition) is 2. The highest BCUT2D eigenvalue weighted by Crippen LogP contribution is 2.56. The van der Waals surface area contributed by atoms with E-state index in [0.29, 0.717) is 17.4 Å². The normalized spacial score (nSPS) is 26.7. The quantitative estimate of drug-likeness (QED) is 0.771. The number of aromatic nitrogens is 3. The molecule has 5 heteroatoms. The van der Waals surface area contributed by atoms with Crippen LogP contribution in [-0.2, 0) is 0 Å². The summed E-state index contributed by atoms with van der Waals surface area (Å²) < 4.78 is 2.07. The first kappa shape index (κ1) is 9.00. The number of nitrogens with zero attached hydrogens (tertiary/aromatic N) is 3. The topological polar surface area (TPSA) is 54.8 Å². The maximum atomic E-state index is 4.49. The maximum absolute atomic E-state index is 4.49. The largest absolute Gasteiger partial charge is 0.356 e. The standard InChI is InChI=1S/C10H17N5/c1-10(4-5-10)7-3-6-12-9-13-8(11-2)14-15(7)9/h7H,3-6H2,1-2H3,(H2,11,12,13,14). The molecular weight excluding hydrogens is 190 g/mol. The number of nitrogens with one attached hydrogen (secondary N) is 2. The molecule has 0 amide bonds. The average molecular weight is 207 g/mol. The Kier molecular flexibility index (Phi) is 1.72. The van der Waals surface area contributed by atoms with Gasteiger partial charge < -0.3 is 10.6 Å². The Labute approximate surface area is 89.3 Å². The maximum Gasteiger partial charge on any atom is 0.243 e. The first-order valence-corrected chi connectivity index (χ1v) is 5.61. The first-order chi connectivity index (χ1) is 7.23. The van der Waals surface area contributed by atoms with Crippen molar-refractivity contribution in [1.82, 2.24) is 14.8 Å². The van der Waals surface area contributed by atoms with Crippen molar-refractivity contribution in [2.75, 3.05) is 24.2 Å². The van der Waals surface area contributed by atoms with Gasteiger partial charge in [0.25, 0.3) is 0 Å². The lowest BCUT2D eigenvalue weighted by atomic mass is 9.95. The van der Waals surface area contributed by atoms with Crippen LogP contribution in [0.2, 0.25) is 0 Å². The molecule has 0 saturated heterocycles. The summed E-state index contributed by atoms with van der Waals surface area (Å²) in [5.74, 6) is 1.64. The van der Waals surface area contributed by atoms with Crippen molar-refractivity contribution in [2.24, 2.45) is 5.41 Å². The molecule has 1 atom stereocenters. The van der Waals surface area contributed by atoms with E-state index in [0.717, 1.165) is 18.9 Å². The summed E-state index contributed by atoms with van der Waals surface area (Å²) in [6.45, 7) is 3.37. The molecule has 1 aliphatic heterocycles. The fraction of sp³-hybridized carbons (Fsp3) is 0.800. The van der Waals surface area contributed by atoms with Crippen LogP contribution in [0.15, 0.2) is 0 Å². The summed E-state index contributed by atoms with van der Waals surface area (Å²) in [7, 11) is 1.86. The summed E-state index contributed by atoms with van der Waals surface area (Å²) in [6, 6.07) is 0.531. The summed E-state index contributed by atoms with van der Waals surface area (Å²) >= 11 is 0. The molecule has 1 fully saturated rings. The van der Waals surface area contributed by atoms with Crippen molar-refractivity contribution >= 4 is 11.9 Å². The molecule has 1 aromatic rings.